The number of halogens is 2. The summed E-state index contributed by atoms with van der Waals surface area (Å²) in [6.45, 7) is 6.36. The second-order valence-corrected chi connectivity index (χ2v) is 8.62. The smallest absolute Gasteiger partial charge is 0.258 e. The molecule has 0 fully saturated rings. The Labute approximate surface area is 201 Å². The maximum Gasteiger partial charge on any atom is 0.258 e. The molecule has 0 aliphatic rings. The van der Waals surface area contributed by atoms with Crippen molar-refractivity contribution in [1.82, 2.24) is 24.6 Å². The molecular weight excluding hydrogens is 461 g/mol. The molecule has 0 saturated heterocycles. The minimum Gasteiger partial charge on any atom is -0.335 e. The van der Waals surface area contributed by atoms with Gasteiger partial charge in [0.25, 0.3) is 5.56 Å². The van der Waals surface area contributed by atoms with Crippen LogP contribution in [0.1, 0.15) is 29.7 Å². The number of para-hydroxylation sites is 1. The molecule has 2 aromatic carbocycles. The minimum absolute atomic E-state index is 0.0822. The number of carbonyl (C=O) groups excluding carboxylic acids is 1. The zero-order chi connectivity index (χ0) is 23.7. The number of rotatable bonds is 6. The second-order valence-electron chi connectivity index (χ2n) is 7.77. The highest BCUT2D eigenvalue weighted by atomic mass is 35.5. The molecule has 4 aromatic rings. The molecule has 4 rings (SSSR count). The number of amides is 1. The van der Waals surface area contributed by atoms with E-state index in [4.69, 9.17) is 23.2 Å². The molecule has 33 heavy (non-hydrogen) atoms. The lowest BCUT2D eigenvalue weighted by molar-refractivity contribution is -0.131. The molecule has 0 radical (unpaired) electrons. The molecule has 0 aliphatic heterocycles. The van der Waals surface area contributed by atoms with Crippen LogP contribution in [0.4, 0.5) is 0 Å². The van der Waals surface area contributed by atoms with Crippen LogP contribution in [-0.4, -0.2) is 37.1 Å². The highest BCUT2D eigenvalue weighted by Gasteiger charge is 2.21. The van der Waals surface area contributed by atoms with E-state index in [0.717, 1.165) is 17.0 Å². The molecule has 2 heterocycles. The Kier molecular flexibility index (Phi) is 6.54. The topological polar surface area (TPSA) is 83.9 Å². The number of H-pyrrole nitrogens is 1. The fraction of sp³-hybridized carbons (Fsp3) is 0.250. The lowest BCUT2D eigenvalue weighted by atomic mass is 10.1. The van der Waals surface area contributed by atoms with Gasteiger partial charge in [0, 0.05) is 22.8 Å². The summed E-state index contributed by atoms with van der Waals surface area (Å²) < 4.78 is 1.73. The third-order valence-electron chi connectivity index (χ3n) is 5.64. The van der Waals surface area contributed by atoms with Crippen LogP contribution in [0.15, 0.2) is 47.3 Å². The molecule has 0 saturated carbocycles. The molecule has 2 aromatic heterocycles. The van der Waals surface area contributed by atoms with Gasteiger partial charge in [0.1, 0.15) is 5.82 Å². The summed E-state index contributed by atoms with van der Waals surface area (Å²) in [5.74, 6) is 0.368. The summed E-state index contributed by atoms with van der Waals surface area (Å²) in [6, 6.07) is 12.4. The van der Waals surface area contributed by atoms with Crippen molar-refractivity contribution in [2.24, 2.45) is 0 Å². The molecule has 0 atom stereocenters. The van der Waals surface area contributed by atoms with Crippen LogP contribution in [-0.2, 0) is 17.8 Å². The van der Waals surface area contributed by atoms with Gasteiger partial charge < -0.3 is 9.88 Å². The number of likely N-dealkylation sites (N-methyl/N-ethyl adjacent to an activating group) is 1. The average Bonchev–Trinajstić information content (AvgIpc) is 3.05. The molecule has 0 unspecified atom stereocenters. The van der Waals surface area contributed by atoms with Crippen molar-refractivity contribution in [2.75, 3.05) is 6.54 Å². The van der Waals surface area contributed by atoms with Crippen molar-refractivity contribution >= 4 is 40.0 Å². The van der Waals surface area contributed by atoms with Gasteiger partial charge in [-0.1, -0.05) is 35.3 Å². The minimum atomic E-state index is -0.216. The summed E-state index contributed by atoms with van der Waals surface area (Å²) in [6.07, 6.45) is 0.175. The van der Waals surface area contributed by atoms with E-state index in [2.05, 4.69) is 15.1 Å². The first kappa shape index (κ1) is 23.0. The lowest BCUT2D eigenvalue weighted by Crippen LogP contribution is -2.33. The van der Waals surface area contributed by atoms with Gasteiger partial charge in [-0.05, 0) is 51.1 Å². The molecule has 1 N–H and O–H groups in total. The van der Waals surface area contributed by atoms with E-state index >= 15 is 0 Å². The number of fused-ring (bicyclic) bond motifs is 1. The van der Waals surface area contributed by atoms with E-state index in [1.54, 1.807) is 46.0 Å². The van der Waals surface area contributed by atoms with Crippen molar-refractivity contribution in [3.63, 3.8) is 0 Å². The Hall–Kier alpha value is -3.16. The fourth-order valence-corrected chi connectivity index (χ4v) is 4.34. The van der Waals surface area contributed by atoms with Gasteiger partial charge in [0.05, 0.1) is 40.3 Å². The van der Waals surface area contributed by atoms with Crippen LogP contribution in [0.5, 0.6) is 0 Å². The van der Waals surface area contributed by atoms with Gasteiger partial charge in [0.15, 0.2) is 0 Å². The molecular formula is C24H23Cl2N5O2. The Morgan fingerprint density at radius 1 is 1.15 bits per heavy atom. The number of aromatic nitrogens is 4. The van der Waals surface area contributed by atoms with E-state index in [1.165, 1.54) is 0 Å². The van der Waals surface area contributed by atoms with Gasteiger partial charge >= 0.3 is 0 Å². The number of hydrogen-bond acceptors (Lipinski definition) is 4. The quantitative estimate of drug-likeness (QED) is 0.433. The predicted octanol–water partition coefficient (Wildman–Crippen LogP) is 4.62. The van der Waals surface area contributed by atoms with Crippen molar-refractivity contribution in [2.45, 2.75) is 33.7 Å². The SMILES string of the molecule is CCN(Cc1nc2ccccc2c(=O)[nH]1)C(=O)Cc1c(C)nn(-c2ccc(Cl)cc2Cl)c1C. The number of carbonyl (C=O) groups is 1. The molecule has 7 nitrogen and oxygen atoms in total. The van der Waals surface area contributed by atoms with Crippen molar-refractivity contribution in [1.29, 1.82) is 0 Å². The summed E-state index contributed by atoms with van der Waals surface area (Å²) in [4.78, 5) is 34.5. The lowest BCUT2D eigenvalue weighted by Gasteiger charge is -2.20. The number of benzene rings is 2. The van der Waals surface area contributed by atoms with Crippen molar-refractivity contribution < 1.29 is 4.79 Å². The standard InChI is InChI=1S/C24H23Cl2N5O2/c1-4-30(13-22-27-20-8-6-5-7-17(20)24(33)28-22)23(32)12-18-14(2)29-31(15(18)3)21-10-9-16(25)11-19(21)26/h5-11H,4,12-13H2,1-3H3,(H,27,28,33). The van der Waals surface area contributed by atoms with E-state index in [-0.39, 0.29) is 24.4 Å². The zero-order valence-corrected chi connectivity index (χ0v) is 20.0. The number of nitrogens with zero attached hydrogens (tertiary/aromatic N) is 4. The highest BCUT2D eigenvalue weighted by Crippen LogP contribution is 2.27. The number of aryl methyl sites for hydroxylation is 1. The van der Waals surface area contributed by atoms with Gasteiger partial charge in [-0.2, -0.15) is 5.10 Å². The molecule has 1 amide bonds. The van der Waals surface area contributed by atoms with Gasteiger partial charge in [0.2, 0.25) is 5.91 Å². The van der Waals surface area contributed by atoms with Crippen LogP contribution in [0.2, 0.25) is 10.0 Å². The van der Waals surface area contributed by atoms with E-state index < -0.39 is 0 Å². The third kappa shape index (κ3) is 4.65. The molecule has 9 heteroatoms. The summed E-state index contributed by atoms with van der Waals surface area (Å²) in [5, 5.41) is 6.14. The van der Waals surface area contributed by atoms with Crippen molar-refractivity contribution in [3.8, 4) is 5.69 Å². The first-order valence-electron chi connectivity index (χ1n) is 10.5. The molecule has 0 spiro atoms. The van der Waals surface area contributed by atoms with Gasteiger partial charge in [-0.15, -0.1) is 0 Å². The first-order valence-corrected chi connectivity index (χ1v) is 11.3. The molecule has 0 bridgehead atoms. The summed E-state index contributed by atoms with van der Waals surface area (Å²) in [7, 11) is 0. The van der Waals surface area contributed by atoms with Crippen LogP contribution < -0.4 is 5.56 Å². The van der Waals surface area contributed by atoms with Crippen LogP contribution >= 0.6 is 23.2 Å². The van der Waals surface area contributed by atoms with E-state index in [0.29, 0.717) is 39.0 Å². The van der Waals surface area contributed by atoms with Gasteiger partial charge in [-0.3, -0.25) is 9.59 Å². The van der Waals surface area contributed by atoms with Crippen LogP contribution in [0.25, 0.3) is 16.6 Å². The number of hydrogen-bond donors (Lipinski definition) is 1. The summed E-state index contributed by atoms with van der Waals surface area (Å²) in [5.41, 5.74) is 3.51. The number of nitrogens with one attached hydrogen (secondary N) is 1. The Morgan fingerprint density at radius 3 is 2.64 bits per heavy atom. The van der Waals surface area contributed by atoms with Crippen LogP contribution in [0.3, 0.4) is 0 Å². The normalized spacial score (nSPS) is 11.2. The maximum absolute atomic E-state index is 13.2. The second kappa shape index (κ2) is 9.37. The maximum atomic E-state index is 13.2. The molecule has 0 aliphatic carbocycles. The van der Waals surface area contributed by atoms with E-state index in [1.807, 2.05) is 26.8 Å². The third-order valence-corrected chi connectivity index (χ3v) is 6.18. The fourth-order valence-electron chi connectivity index (χ4n) is 3.85. The highest BCUT2D eigenvalue weighted by molar-refractivity contribution is 6.35. The summed E-state index contributed by atoms with van der Waals surface area (Å²) >= 11 is 12.4. The van der Waals surface area contributed by atoms with Gasteiger partial charge in [-0.25, -0.2) is 9.67 Å². The first-order chi connectivity index (χ1) is 15.8. The van der Waals surface area contributed by atoms with Crippen LogP contribution in [0, 0.1) is 13.8 Å². The zero-order valence-electron chi connectivity index (χ0n) is 18.5. The monoisotopic (exact) mass is 483 g/mol. The van der Waals surface area contributed by atoms with Crippen molar-refractivity contribution in [3.05, 3.63) is 85.6 Å². The average molecular weight is 484 g/mol. The van der Waals surface area contributed by atoms with E-state index in [9.17, 15) is 9.59 Å². The Bertz CT molecular complexity index is 1410. The molecule has 170 valence electrons. The number of aromatic amines is 1. The Balaban J connectivity index is 1.58. The predicted molar refractivity (Wildman–Crippen MR) is 130 cm³/mol. The largest absolute Gasteiger partial charge is 0.335 e. The Morgan fingerprint density at radius 2 is 1.91 bits per heavy atom.